The van der Waals surface area contributed by atoms with Crippen molar-refractivity contribution < 1.29 is 14.6 Å². The van der Waals surface area contributed by atoms with Gasteiger partial charge in [0.2, 0.25) is 0 Å². The summed E-state index contributed by atoms with van der Waals surface area (Å²) in [6, 6.07) is 0.275. The van der Waals surface area contributed by atoms with Crippen molar-refractivity contribution in [3.63, 3.8) is 0 Å². The van der Waals surface area contributed by atoms with Crippen molar-refractivity contribution in [2.45, 2.75) is 78.2 Å². The maximum atomic E-state index is 11.8. The number of hydrogen-bond acceptors (Lipinski definition) is 4. The van der Waals surface area contributed by atoms with Crippen LogP contribution in [0.2, 0.25) is 0 Å². The summed E-state index contributed by atoms with van der Waals surface area (Å²) < 4.78 is 5.26. The Morgan fingerprint density at radius 2 is 1.85 bits per heavy atom. The quantitative estimate of drug-likeness (QED) is 0.739. The van der Waals surface area contributed by atoms with E-state index in [4.69, 9.17) is 4.74 Å². The Labute approximate surface area is 122 Å². The predicted octanol–water partition coefficient (Wildman–Crippen LogP) is 2.04. The van der Waals surface area contributed by atoms with Crippen LogP contribution in [0.3, 0.4) is 0 Å². The predicted molar refractivity (Wildman–Crippen MR) is 79.6 cm³/mol. The van der Waals surface area contributed by atoms with E-state index in [2.05, 4.69) is 10.6 Å². The number of aliphatic hydroxyl groups is 1. The van der Waals surface area contributed by atoms with Crippen LogP contribution in [-0.4, -0.2) is 41.0 Å². The van der Waals surface area contributed by atoms with E-state index >= 15 is 0 Å². The molecule has 20 heavy (non-hydrogen) atoms. The van der Waals surface area contributed by atoms with E-state index in [1.165, 1.54) is 0 Å². The molecule has 118 valence electrons. The second kappa shape index (κ2) is 5.53. The molecule has 3 N–H and O–H groups in total. The Morgan fingerprint density at radius 1 is 1.30 bits per heavy atom. The first-order valence-corrected chi connectivity index (χ1v) is 7.26. The van der Waals surface area contributed by atoms with Crippen LogP contribution in [0.5, 0.6) is 0 Å². The van der Waals surface area contributed by atoms with Gasteiger partial charge >= 0.3 is 6.09 Å². The molecule has 0 radical (unpaired) electrons. The van der Waals surface area contributed by atoms with Crippen LogP contribution in [0.1, 0.15) is 54.9 Å². The number of aliphatic hydroxyl groups excluding tert-OH is 1. The number of alkyl carbamates (subject to hydrolysis) is 1. The van der Waals surface area contributed by atoms with Crippen molar-refractivity contribution in [2.24, 2.45) is 5.41 Å². The van der Waals surface area contributed by atoms with Gasteiger partial charge in [-0.05, 0) is 41.0 Å². The molecular formula is C15H30N2O3. The van der Waals surface area contributed by atoms with Gasteiger partial charge in [-0.1, -0.05) is 13.8 Å². The highest BCUT2D eigenvalue weighted by Gasteiger charge is 2.47. The summed E-state index contributed by atoms with van der Waals surface area (Å²) in [6.45, 7) is 14.2. The molecule has 0 spiro atoms. The molecule has 2 unspecified atom stereocenters. The average Bonchev–Trinajstić information content (AvgIpc) is 2.20. The lowest BCUT2D eigenvalue weighted by atomic mass is 9.64. The van der Waals surface area contributed by atoms with Crippen molar-refractivity contribution >= 4 is 6.09 Å². The minimum atomic E-state index is -0.492. The molecule has 0 heterocycles. The van der Waals surface area contributed by atoms with Crippen LogP contribution in [0.15, 0.2) is 0 Å². The molecule has 0 aliphatic heterocycles. The molecule has 1 aliphatic carbocycles. The molecule has 1 rings (SSSR count). The fourth-order valence-electron chi connectivity index (χ4n) is 2.25. The lowest BCUT2D eigenvalue weighted by Gasteiger charge is -2.50. The SMILES string of the molecule is CC(C)(CNC1CC(O)C1(C)C)NC(=O)OC(C)(C)C. The molecule has 2 atom stereocenters. The van der Waals surface area contributed by atoms with E-state index in [9.17, 15) is 9.90 Å². The molecule has 1 fully saturated rings. The minimum Gasteiger partial charge on any atom is -0.444 e. The van der Waals surface area contributed by atoms with E-state index in [1.807, 2.05) is 48.5 Å². The Morgan fingerprint density at radius 3 is 2.25 bits per heavy atom. The first kappa shape index (κ1) is 17.2. The van der Waals surface area contributed by atoms with Gasteiger partial charge in [0.25, 0.3) is 0 Å². The van der Waals surface area contributed by atoms with E-state index in [0.29, 0.717) is 6.54 Å². The number of carbonyl (C=O) groups excluding carboxylic acids is 1. The normalized spacial score (nSPS) is 25.8. The number of amides is 1. The lowest BCUT2D eigenvalue weighted by Crippen LogP contribution is -2.63. The van der Waals surface area contributed by atoms with Crippen molar-refractivity contribution in [1.82, 2.24) is 10.6 Å². The Hall–Kier alpha value is -0.810. The van der Waals surface area contributed by atoms with Gasteiger partial charge in [0.1, 0.15) is 5.60 Å². The van der Waals surface area contributed by atoms with Crippen LogP contribution in [0.4, 0.5) is 4.79 Å². The Kier molecular flexibility index (Phi) is 4.76. The van der Waals surface area contributed by atoms with Crippen molar-refractivity contribution in [2.75, 3.05) is 6.54 Å². The summed E-state index contributed by atoms with van der Waals surface area (Å²) >= 11 is 0. The van der Waals surface area contributed by atoms with Crippen LogP contribution in [-0.2, 0) is 4.74 Å². The zero-order valence-electron chi connectivity index (χ0n) is 13.8. The molecular weight excluding hydrogens is 256 g/mol. The lowest BCUT2D eigenvalue weighted by molar-refractivity contribution is -0.0737. The summed E-state index contributed by atoms with van der Waals surface area (Å²) in [5, 5.41) is 16.0. The second-order valence-electron chi connectivity index (χ2n) is 8.02. The summed E-state index contributed by atoms with van der Waals surface area (Å²) in [4.78, 5) is 11.8. The fourth-order valence-corrected chi connectivity index (χ4v) is 2.25. The van der Waals surface area contributed by atoms with Gasteiger partial charge in [0.15, 0.2) is 0 Å². The molecule has 0 bridgehead atoms. The first-order chi connectivity index (χ1) is 8.83. The summed E-state index contributed by atoms with van der Waals surface area (Å²) in [5.41, 5.74) is -1.01. The standard InChI is InChI=1S/C15H30N2O3/c1-13(2,3)20-12(19)17-14(4,5)9-16-10-8-11(18)15(10,6)7/h10-11,16,18H,8-9H2,1-7H3,(H,17,19). The molecule has 5 nitrogen and oxygen atoms in total. The highest BCUT2D eigenvalue weighted by atomic mass is 16.6. The smallest absolute Gasteiger partial charge is 0.408 e. The monoisotopic (exact) mass is 286 g/mol. The largest absolute Gasteiger partial charge is 0.444 e. The molecule has 1 saturated carbocycles. The zero-order valence-corrected chi connectivity index (χ0v) is 13.8. The summed E-state index contributed by atoms with van der Waals surface area (Å²) in [5.74, 6) is 0. The van der Waals surface area contributed by atoms with Gasteiger partial charge in [0, 0.05) is 18.0 Å². The van der Waals surface area contributed by atoms with Crippen molar-refractivity contribution in [3.05, 3.63) is 0 Å². The van der Waals surface area contributed by atoms with E-state index < -0.39 is 17.2 Å². The van der Waals surface area contributed by atoms with Gasteiger partial charge < -0.3 is 20.5 Å². The topological polar surface area (TPSA) is 70.6 Å². The average molecular weight is 286 g/mol. The number of nitrogens with one attached hydrogen (secondary N) is 2. The highest BCUT2D eigenvalue weighted by Crippen LogP contribution is 2.40. The maximum absolute atomic E-state index is 11.8. The Bertz CT molecular complexity index is 359. The van der Waals surface area contributed by atoms with Gasteiger partial charge in [-0.25, -0.2) is 4.79 Å². The third kappa shape index (κ3) is 4.63. The van der Waals surface area contributed by atoms with Crippen LogP contribution in [0.25, 0.3) is 0 Å². The number of hydrogen-bond donors (Lipinski definition) is 3. The van der Waals surface area contributed by atoms with Gasteiger partial charge in [-0.2, -0.15) is 0 Å². The highest BCUT2D eigenvalue weighted by molar-refractivity contribution is 5.68. The number of rotatable bonds is 4. The molecule has 1 amide bonds. The molecule has 1 aliphatic rings. The van der Waals surface area contributed by atoms with E-state index in [0.717, 1.165) is 6.42 Å². The van der Waals surface area contributed by atoms with Crippen molar-refractivity contribution in [3.8, 4) is 0 Å². The second-order valence-corrected chi connectivity index (χ2v) is 8.02. The summed E-state index contributed by atoms with van der Waals surface area (Å²) in [7, 11) is 0. The van der Waals surface area contributed by atoms with Crippen molar-refractivity contribution in [1.29, 1.82) is 0 Å². The van der Waals surface area contributed by atoms with Gasteiger partial charge in [0.05, 0.1) is 11.6 Å². The molecule has 0 aromatic carbocycles. The molecule has 0 saturated heterocycles. The van der Waals surface area contributed by atoms with Crippen LogP contribution in [0, 0.1) is 5.41 Å². The number of carbonyl (C=O) groups is 1. The molecule has 5 heteroatoms. The van der Waals surface area contributed by atoms with E-state index in [-0.39, 0.29) is 17.6 Å². The van der Waals surface area contributed by atoms with Crippen LogP contribution < -0.4 is 10.6 Å². The molecule has 0 aromatic rings. The summed E-state index contributed by atoms with van der Waals surface area (Å²) in [6.07, 6.45) is 0.106. The van der Waals surface area contributed by atoms with Gasteiger partial charge in [-0.3, -0.25) is 0 Å². The zero-order chi connectivity index (χ0) is 15.8. The minimum absolute atomic E-state index is 0.109. The maximum Gasteiger partial charge on any atom is 0.408 e. The Balaban J connectivity index is 2.41. The molecule has 0 aromatic heterocycles. The third-order valence-electron chi connectivity index (χ3n) is 3.85. The van der Waals surface area contributed by atoms with E-state index in [1.54, 1.807) is 0 Å². The number of ether oxygens (including phenoxy) is 1. The van der Waals surface area contributed by atoms with Crippen LogP contribution >= 0.6 is 0 Å². The third-order valence-corrected chi connectivity index (χ3v) is 3.85. The first-order valence-electron chi connectivity index (χ1n) is 7.26. The fraction of sp³-hybridized carbons (Fsp3) is 0.933. The van der Waals surface area contributed by atoms with Gasteiger partial charge in [-0.15, -0.1) is 0 Å².